The zero-order chi connectivity index (χ0) is 8.70. The monoisotopic (exact) mass is 228 g/mol. The summed E-state index contributed by atoms with van der Waals surface area (Å²) < 4.78 is 0. The fourth-order valence-corrected chi connectivity index (χ4v) is 1.97. The Kier molecular flexibility index (Phi) is 5.98. The molecule has 0 aromatic rings. The molecule has 0 saturated heterocycles. The molecule has 13 heavy (non-hydrogen) atoms. The first-order valence-electron chi connectivity index (χ1n) is 4.60. The van der Waals surface area contributed by atoms with Crippen LogP contribution in [0.15, 0.2) is 0 Å². The van der Waals surface area contributed by atoms with Gasteiger partial charge >= 0.3 is 0 Å². The van der Waals surface area contributed by atoms with E-state index in [2.05, 4.69) is 20.8 Å². The molecule has 1 nitrogen and oxygen atoms in total. The van der Waals surface area contributed by atoms with Crippen LogP contribution in [0.25, 0.3) is 0 Å². The van der Waals surface area contributed by atoms with E-state index >= 15 is 0 Å². The van der Waals surface area contributed by atoms with Gasteiger partial charge in [0, 0.05) is 0 Å². The third-order valence-corrected chi connectivity index (χ3v) is 3.92. The molecule has 0 aromatic heterocycles. The highest BCUT2D eigenvalue weighted by Crippen LogP contribution is 2.46. The van der Waals surface area contributed by atoms with E-state index in [1.807, 2.05) is 6.92 Å². The van der Waals surface area contributed by atoms with Crippen LogP contribution >= 0.6 is 24.8 Å². The van der Waals surface area contributed by atoms with E-state index in [9.17, 15) is 5.11 Å². The van der Waals surface area contributed by atoms with Crippen LogP contribution in [-0.4, -0.2) is 10.7 Å². The van der Waals surface area contributed by atoms with Gasteiger partial charge < -0.3 is 5.11 Å². The molecule has 1 saturated carbocycles. The van der Waals surface area contributed by atoms with Gasteiger partial charge in [0.25, 0.3) is 0 Å². The lowest BCUT2D eigenvalue weighted by Crippen LogP contribution is -2.48. The average molecular weight is 229 g/mol. The number of hydrogen-bond acceptors (Lipinski definition) is 1. The molecule has 0 amide bonds. The van der Waals surface area contributed by atoms with E-state index in [-0.39, 0.29) is 30.2 Å². The van der Waals surface area contributed by atoms with Gasteiger partial charge in [0.05, 0.1) is 5.60 Å². The summed E-state index contributed by atoms with van der Waals surface area (Å²) in [4.78, 5) is 0. The summed E-state index contributed by atoms with van der Waals surface area (Å²) >= 11 is 0. The van der Waals surface area contributed by atoms with Crippen molar-refractivity contribution in [2.24, 2.45) is 11.3 Å². The van der Waals surface area contributed by atoms with Crippen molar-refractivity contribution in [3.63, 3.8) is 0 Å². The summed E-state index contributed by atoms with van der Waals surface area (Å²) in [5, 5.41) is 10.1. The summed E-state index contributed by atoms with van der Waals surface area (Å²) in [6, 6.07) is 0. The highest BCUT2D eigenvalue weighted by Gasteiger charge is 2.45. The van der Waals surface area contributed by atoms with Gasteiger partial charge in [-0.3, -0.25) is 0 Å². The third kappa shape index (κ3) is 2.74. The average Bonchev–Trinajstić information content (AvgIpc) is 1.84. The molecular weight excluding hydrogens is 207 g/mol. The van der Waals surface area contributed by atoms with Crippen molar-refractivity contribution in [3.05, 3.63) is 0 Å². The fraction of sp³-hybridized carbons (Fsp3) is 1.00. The Balaban J connectivity index is 0. The van der Waals surface area contributed by atoms with Crippen LogP contribution in [0.5, 0.6) is 0 Å². The van der Waals surface area contributed by atoms with E-state index in [1.54, 1.807) is 0 Å². The van der Waals surface area contributed by atoms with Crippen molar-refractivity contribution in [2.75, 3.05) is 0 Å². The minimum absolute atomic E-state index is 0. The van der Waals surface area contributed by atoms with Crippen LogP contribution in [0.2, 0.25) is 0 Å². The normalized spacial score (nSPS) is 37.2. The molecule has 0 heterocycles. The van der Waals surface area contributed by atoms with Gasteiger partial charge in [-0.2, -0.15) is 0 Å². The molecule has 1 aliphatic carbocycles. The van der Waals surface area contributed by atoms with Crippen molar-refractivity contribution in [1.82, 2.24) is 0 Å². The van der Waals surface area contributed by atoms with E-state index < -0.39 is 5.60 Å². The Labute approximate surface area is 94.1 Å². The van der Waals surface area contributed by atoms with Crippen LogP contribution in [-0.2, 0) is 0 Å². The maximum atomic E-state index is 10.1. The molecule has 0 radical (unpaired) electrons. The zero-order valence-electron chi connectivity index (χ0n) is 8.96. The van der Waals surface area contributed by atoms with Crippen molar-refractivity contribution < 1.29 is 5.11 Å². The lowest BCUT2D eigenvalue weighted by atomic mass is 9.61. The number of hydrogen-bond donors (Lipinski definition) is 1. The molecule has 0 aromatic carbocycles. The highest BCUT2D eigenvalue weighted by molar-refractivity contribution is 5.85. The van der Waals surface area contributed by atoms with Gasteiger partial charge in [-0.25, -0.2) is 0 Å². The largest absolute Gasteiger partial charge is 0.390 e. The molecule has 2 atom stereocenters. The van der Waals surface area contributed by atoms with Gasteiger partial charge in [0.1, 0.15) is 0 Å². The van der Waals surface area contributed by atoms with Crippen molar-refractivity contribution in [2.45, 2.75) is 52.6 Å². The number of aliphatic hydroxyl groups is 1. The minimum atomic E-state index is -0.454. The molecule has 82 valence electrons. The maximum Gasteiger partial charge on any atom is 0.0673 e. The molecule has 0 bridgehead atoms. The Bertz CT molecular complexity index is 155. The third-order valence-electron chi connectivity index (χ3n) is 3.92. The lowest BCUT2D eigenvalue weighted by Gasteiger charge is -2.48. The first-order valence-corrected chi connectivity index (χ1v) is 4.60. The predicted molar refractivity (Wildman–Crippen MR) is 61.9 cm³/mol. The van der Waals surface area contributed by atoms with E-state index in [0.29, 0.717) is 5.92 Å². The van der Waals surface area contributed by atoms with Gasteiger partial charge in [0.15, 0.2) is 0 Å². The van der Waals surface area contributed by atoms with Crippen LogP contribution in [0.4, 0.5) is 0 Å². The molecule has 1 aliphatic rings. The van der Waals surface area contributed by atoms with Crippen LogP contribution < -0.4 is 0 Å². The Morgan fingerprint density at radius 2 is 1.62 bits per heavy atom. The first-order chi connectivity index (χ1) is 4.88. The summed E-state index contributed by atoms with van der Waals surface area (Å²) in [5.41, 5.74) is -0.365. The number of rotatable bonds is 0. The molecular formula is C10H22Cl2O. The Hall–Kier alpha value is 0.540. The number of halogens is 2. The quantitative estimate of drug-likeness (QED) is 0.674. The standard InChI is InChI=1S/C10H20O.2ClH/c1-8-6-5-7-10(4,11)9(8,2)3;;/h8,11H,5-7H2,1-4H3;2*1H. The minimum Gasteiger partial charge on any atom is -0.390 e. The Morgan fingerprint density at radius 1 is 1.15 bits per heavy atom. The van der Waals surface area contributed by atoms with Crippen molar-refractivity contribution >= 4 is 24.8 Å². The second kappa shape index (κ2) is 4.86. The topological polar surface area (TPSA) is 20.2 Å². The van der Waals surface area contributed by atoms with E-state index in [1.165, 1.54) is 12.8 Å². The van der Waals surface area contributed by atoms with Crippen LogP contribution in [0.3, 0.4) is 0 Å². The molecule has 3 heteroatoms. The maximum absolute atomic E-state index is 10.1. The highest BCUT2D eigenvalue weighted by atomic mass is 35.5. The molecule has 0 spiro atoms. The van der Waals surface area contributed by atoms with Crippen molar-refractivity contribution in [1.29, 1.82) is 0 Å². The van der Waals surface area contributed by atoms with Gasteiger partial charge in [-0.05, 0) is 31.1 Å². The zero-order valence-corrected chi connectivity index (χ0v) is 10.6. The SMILES string of the molecule is CC1CCCC(C)(O)C1(C)C.Cl.Cl. The summed E-state index contributed by atoms with van der Waals surface area (Å²) in [6.07, 6.45) is 3.41. The molecule has 1 fully saturated rings. The molecule has 1 N–H and O–H groups in total. The van der Waals surface area contributed by atoms with Crippen LogP contribution in [0.1, 0.15) is 47.0 Å². The van der Waals surface area contributed by atoms with Crippen LogP contribution in [0, 0.1) is 11.3 Å². The van der Waals surface area contributed by atoms with Gasteiger partial charge in [-0.1, -0.05) is 27.2 Å². The lowest BCUT2D eigenvalue weighted by molar-refractivity contribution is -0.109. The van der Waals surface area contributed by atoms with E-state index in [4.69, 9.17) is 0 Å². The van der Waals surface area contributed by atoms with Gasteiger partial charge in [0.2, 0.25) is 0 Å². The summed E-state index contributed by atoms with van der Waals surface area (Å²) in [7, 11) is 0. The fourth-order valence-electron chi connectivity index (χ4n) is 1.97. The summed E-state index contributed by atoms with van der Waals surface area (Å²) in [5.74, 6) is 0.645. The van der Waals surface area contributed by atoms with Gasteiger partial charge in [-0.15, -0.1) is 24.8 Å². The molecule has 0 aliphatic heterocycles. The molecule has 1 rings (SSSR count). The Morgan fingerprint density at radius 3 is 1.92 bits per heavy atom. The molecule has 2 unspecified atom stereocenters. The first kappa shape index (κ1) is 16.0. The predicted octanol–water partition coefficient (Wildman–Crippen LogP) is 3.43. The van der Waals surface area contributed by atoms with Crippen molar-refractivity contribution in [3.8, 4) is 0 Å². The summed E-state index contributed by atoms with van der Waals surface area (Å²) in [6.45, 7) is 8.57. The smallest absolute Gasteiger partial charge is 0.0673 e. The second-order valence-corrected chi connectivity index (χ2v) is 4.79. The second-order valence-electron chi connectivity index (χ2n) is 4.79. The van der Waals surface area contributed by atoms with E-state index in [0.717, 1.165) is 6.42 Å².